The summed E-state index contributed by atoms with van der Waals surface area (Å²) < 4.78 is 60.0. The van der Waals surface area contributed by atoms with Crippen molar-refractivity contribution in [1.82, 2.24) is 9.97 Å². The van der Waals surface area contributed by atoms with Crippen LogP contribution < -0.4 is 4.72 Å². The van der Waals surface area contributed by atoms with Crippen molar-refractivity contribution < 1.29 is 21.6 Å². The minimum atomic E-state index is -4.11. The summed E-state index contributed by atoms with van der Waals surface area (Å²) in [5.41, 5.74) is 1.64. The second kappa shape index (κ2) is 7.59. The average molecular weight is 415 g/mol. The first kappa shape index (κ1) is 19.0. The lowest BCUT2D eigenvalue weighted by Crippen LogP contribution is -2.14. The summed E-state index contributed by atoms with van der Waals surface area (Å²) in [5, 5.41) is 0. The second-order valence-electron chi connectivity index (χ2n) is 6.25. The molecule has 148 valence electrons. The molecule has 0 amide bonds. The van der Waals surface area contributed by atoms with Crippen molar-refractivity contribution in [3.8, 4) is 11.5 Å². The van der Waals surface area contributed by atoms with Crippen LogP contribution in [0, 0.1) is 0 Å². The molecule has 0 unspecified atom stereocenters. The van der Waals surface area contributed by atoms with Gasteiger partial charge < -0.3 is 4.42 Å². The fourth-order valence-corrected chi connectivity index (χ4v) is 4.08. The van der Waals surface area contributed by atoms with Crippen molar-refractivity contribution in [2.24, 2.45) is 0 Å². The molecule has 0 aliphatic carbocycles. The number of halogens is 2. The van der Waals surface area contributed by atoms with Gasteiger partial charge in [-0.25, -0.2) is 22.2 Å². The number of sulfonamides is 1. The SMILES string of the molecule is O=S(=O)(Nc1ccccc1-c1nc2ncccc2o1)c1cc(CF)cc(CF)c1. The van der Waals surface area contributed by atoms with Crippen LogP contribution in [0.15, 0.2) is 70.1 Å². The molecule has 2 aromatic carbocycles. The molecule has 1 N–H and O–H groups in total. The van der Waals surface area contributed by atoms with Gasteiger partial charge in [-0.1, -0.05) is 18.2 Å². The van der Waals surface area contributed by atoms with Crippen LogP contribution in [0.4, 0.5) is 14.5 Å². The van der Waals surface area contributed by atoms with Gasteiger partial charge in [0.2, 0.25) is 5.89 Å². The number of nitrogens with zero attached hydrogens (tertiary/aromatic N) is 2. The predicted octanol–water partition coefficient (Wildman–Crippen LogP) is 4.63. The number of anilines is 1. The number of benzene rings is 2. The van der Waals surface area contributed by atoms with Gasteiger partial charge in [-0.15, -0.1) is 0 Å². The third kappa shape index (κ3) is 3.81. The van der Waals surface area contributed by atoms with Crippen molar-refractivity contribution >= 4 is 26.9 Å². The number of alkyl halides is 2. The van der Waals surface area contributed by atoms with Crippen LogP contribution >= 0.6 is 0 Å². The zero-order valence-corrected chi connectivity index (χ0v) is 15.8. The van der Waals surface area contributed by atoms with E-state index in [1.54, 1.807) is 42.6 Å². The first-order chi connectivity index (χ1) is 14.0. The van der Waals surface area contributed by atoms with Gasteiger partial charge in [0, 0.05) is 6.20 Å². The van der Waals surface area contributed by atoms with Crippen LogP contribution in [0.1, 0.15) is 11.1 Å². The molecule has 0 saturated carbocycles. The van der Waals surface area contributed by atoms with Gasteiger partial charge in [0.05, 0.1) is 16.1 Å². The fourth-order valence-electron chi connectivity index (χ4n) is 2.88. The zero-order valence-electron chi connectivity index (χ0n) is 15.0. The molecule has 29 heavy (non-hydrogen) atoms. The maximum atomic E-state index is 13.1. The molecule has 0 bridgehead atoms. The van der Waals surface area contributed by atoms with Crippen molar-refractivity contribution in [3.63, 3.8) is 0 Å². The Morgan fingerprint density at radius 2 is 1.69 bits per heavy atom. The molecule has 2 heterocycles. The van der Waals surface area contributed by atoms with Gasteiger partial charge in [0.15, 0.2) is 11.2 Å². The second-order valence-corrected chi connectivity index (χ2v) is 7.93. The number of aromatic nitrogens is 2. The molecular weight excluding hydrogens is 400 g/mol. The van der Waals surface area contributed by atoms with Crippen LogP contribution in [-0.2, 0) is 23.4 Å². The van der Waals surface area contributed by atoms with Crippen LogP contribution in [0.5, 0.6) is 0 Å². The van der Waals surface area contributed by atoms with Crippen molar-refractivity contribution in [2.75, 3.05) is 4.72 Å². The Kier molecular flexibility index (Phi) is 4.98. The smallest absolute Gasteiger partial charge is 0.261 e. The number of pyridine rings is 1. The largest absolute Gasteiger partial charge is 0.434 e. The minimum Gasteiger partial charge on any atom is -0.434 e. The standard InChI is InChI=1S/C20H15F2N3O3S/c21-11-13-8-14(12-22)10-15(9-13)29(26,27)25-17-5-2-1-4-16(17)20-24-19-18(28-20)6-3-7-23-19/h1-10,25H,11-12H2. The van der Waals surface area contributed by atoms with Gasteiger partial charge >= 0.3 is 0 Å². The lowest BCUT2D eigenvalue weighted by atomic mass is 10.1. The third-order valence-corrected chi connectivity index (χ3v) is 5.56. The van der Waals surface area contributed by atoms with E-state index < -0.39 is 23.4 Å². The quantitative estimate of drug-likeness (QED) is 0.496. The van der Waals surface area contributed by atoms with Gasteiger partial charge in [-0.05, 0) is 47.5 Å². The van der Waals surface area contributed by atoms with Gasteiger partial charge in [-0.3, -0.25) is 4.72 Å². The minimum absolute atomic E-state index is 0.0823. The highest BCUT2D eigenvalue weighted by Gasteiger charge is 2.20. The fraction of sp³-hybridized carbons (Fsp3) is 0.100. The molecule has 6 nitrogen and oxygen atoms in total. The Balaban J connectivity index is 1.75. The van der Waals surface area contributed by atoms with E-state index in [2.05, 4.69) is 14.7 Å². The molecule has 0 atom stereocenters. The molecule has 0 fully saturated rings. The molecule has 0 spiro atoms. The highest BCUT2D eigenvalue weighted by atomic mass is 32.2. The zero-order chi connectivity index (χ0) is 20.4. The molecule has 9 heteroatoms. The topological polar surface area (TPSA) is 85.1 Å². The Morgan fingerprint density at radius 3 is 2.38 bits per heavy atom. The number of oxazole rings is 1. The number of rotatable bonds is 6. The van der Waals surface area contributed by atoms with Crippen LogP contribution in [0.3, 0.4) is 0 Å². The molecular formula is C20H15F2N3O3S. The van der Waals surface area contributed by atoms with Crippen molar-refractivity contribution in [1.29, 1.82) is 0 Å². The molecule has 0 radical (unpaired) electrons. The predicted molar refractivity (Wildman–Crippen MR) is 104 cm³/mol. The highest BCUT2D eigenvalue weighted by Crippen LogP contribution is 2.31. The molecule has 2 aromatic heterocycles. The Labute approximate surface area is 165 Å². The summed E-state index contributed by atoms with van der Waals surface area (Å²) >= 11 is 0. The third-order valence-electron chi connectivity index (χ3n) is 4.21. The van der Waals surface area contributed by atoms with E-state index in [0.29, 0.717) is 16.8 Å². The molecule has 0 aliphatic heterocycles. The van der Waals surface area contributed by atoms with E-state index in [-0.39, 0.29) is 27.6 Å². The Bertz CT molecular complexity index is 1230. The van der Waals surface area contributed by atoms with Crippen molar-refractivity contribution in [2.45, 2.75) is 18.2 Å². The Morgan fingerprint density at radius 1 is 0.966 bits per heavy atom. The summed E-state index contributed by atoms with van der Waals surface area (Å²) in [6, 6.07) is 13.6. The van der Waals surface area contributed by atoms with E-state index in [9.17, 15) is 17.2 Å². The summed E-state index contributed by atoms with van der Waals surface area (Å²) in [4.78, 5) is 8.16. The van der Waals surface area contributed by atoms with Crippen LogP contribution in [-0.4, -0.2) is 18.4 Å². The lowest BCUT2D eigenvalue weighted by Gasteiger charge is -2.12. The van der Waals surface area contributed by atoms with Gasteiger partial charge in [0.1, 0.15) is 13.3 Å². The molecule has 4 aromatic rings. The van der Waals surface area contributed by atoms with Crippen molar-refractivity contribution in [3.05, 3.63) is 71.9 Å². The number of hydrogen-bond acceptors (Lipinski definition) is 5. The molecule has 4 rings (SSSR count). The maximum Gasteiger partial charge on any atom is 0.261 e. The number of nitrogens with one attached hydrogen (secondary N) is 1. The summed E-state index contributed by atoms with van der Waals surface area (Å²) in [5.74, 6) is 0.193. The van der Waals surface area contributed by atoms with E-state index in [1.807, 2.05) is 0 Å². The summed E-state index contributed by atoms with van der Waals surface area (Å²) in [7, 11) is -4.11. The maximum absolute atomic E-state index is 13.1. The summed E-state index contributed by atoms with van der Waals surface area (Å²) in [6.07, 6.45) is 1.57. The van der Waals surface area contributed by atoms with E-state index in [0.717, 1.165) is 0 Å². The normalized spacial score (nSPS) is 11.7. The van der Waals surface area contributed by atoms with E-state index in [4.69, 9.17) is 4.42 Å². The summed E-state index contributed by atoms with van der Waals surface area (Å²) in [6.45, 7) is -1.80. The van der Waals surface area contributed by atoms with Gasteiger partial charge in [0.25, 0.3) is 10.0 Å². The van der Waals surface area contributed by atoms with Crippen LogP contribution in [0.25, 0.3) is 22.7 Å². The number of fused-ring (bicyclic) bond motifs is 1. The van der Waals surface area contributed by atoms with E-state index >= 15 is 0 Å². The molecule has 0 aliphatic rings. The lowest BCUT2D eigenvalue weighted by molar-refractivity contribution is 0.473. The van der Waals surface area contributed by atoms with Gasteiger partial charge in [-0.2, -0.15) is 4.98 Å². The number of hydrogen-bond donors (Lipinski definition) is 1. The first-order valence-corrected chi connectivity index (χ1v) is 10.1. The highest BCUT2D eigenvalue weighted by molar-refractivity contribution is 7.92. The number of para-hydroxylation sites is 1. The first-order valence-electron chi connectivity index (χ1n) is 8.59. The Hall–Kier alpha value is -3.33. The monoisotopic (exact) mass is 415 g/mol. The molecule has 0 saturated heterocycles. The van der Waals surface area contributed by atoms with Crippen LogP contribution in [0.2, 0.25) is 0 Å². The van der Waals surface area contributed by atoms with E-state index in [1.165, 1.54) is 18.2 Å². The average Bonchev–Trinajstić information content (AvgIpc) is 3.17.